The third-order valence-electron chi connectivity index (χ3n) is 5.20. The fourth-order valence-corrected chi connectivity index (χ4v) is 3.83. The quantitative estimate of drug-likeness (QED) is 0.377. The molecule has 0 bridgehead atoms. The summed E-state index contributed by atoms with van der Waals surface area (Å²) in [6, 6.07) is 9.19. The first-order valence-corrected chi connectivity index (χ1v) is 11.1. The molecule has 1 unspecified atom stereocenters. The van der Waals surface area contributed by atoms with Gasteiger partial charge < -0.3 is 20.8 Å². The van der Waals surface area contributed by atoms with E-state index in [1.54, 1.807) is 0 Å². The van der Waals surface area contributed by atoms with Gasteiger partial charge in [-0.05, 0) is 42.5 Å². The summed E-state index contributed by atoms with van der Waals surface area (Å²) in [5.41, 5.74) is 5.77. The monoisotopic (exact) mass is 561 g/mol. The number of amides is 1. The van der Waals surface area contributed by atoms with Crippen molar-refractivity contribution >= 4 is 34.9 Å². The Morgan fingerprint density at radius 3 is 2.43 bits per heavy atom. The van der Waals surface area contributed by atoms with Crippen molar-refractivity contribution < 1.29 is 32.6 Å². The van der Waals surface area contributed by atoms with Crippen molar-refractivity contribution in [2.24, 2.45) is 10.8 Å². The molecule has 2 aromatic carbocycles. The fourth-order valence-electron chi connectivity index (χ4n) is 3.46. The predicted molar refractivity (Wildman–Crippen MR) is 123 cm³/mol. The van der Waals surface area contributed by atoms with Crippen molar-refractivity contribution in [3.8, 4) is 5.69 Å². The topological polar surface area (TPSA) is 133 Å². The maximum Gasteiger partial charge on any atom is 0.416 e. The summed E-state index contributed by atoms with van der Waals surface area (Å²) in [7, 11) is 0. The Bertz CT molecular complexity index is 1350. The Morgan fingerprint density at radius 1 is 1.16 bits per heavy atom. The van der Waals surface area contributed by atoms with Crippen LogP contribution in [0, 0.1) is 5.82 Å². The zero-order valence-corrected chi connectivity index (χ0v) is 20.0. The molecule has 196 valence electrons. The number of nitrogens with zero attached hydrogens (tertiary/aromatic N) is 6. The molecule has 0 saturated heterocycles. The first-order valence-electron chi connectivity index (χ1n) is 10.4. The summed E-state index contributed by atoms with van der Waals surface area (Å²) in [5.74, 6) is -2.22. The maximum absolute atomic E-state index is 13.5. The van der Waals surface area contributed by atoms with Crippen molar-refractivity contribution in [1.82, 2.24) is 24.7 Å². The predicted octanol–water partition coefficient (Wildman–Crippen LogP) is 2.49. The molecule has 16 heteroatoms. The largest absolute Gasteiger partial charge is 0.416 e. The lowest BCUT2D eigenvalue weighted by Gasteiger charge is -2.29. The molecular formula is C21H17Cl2F4N7O3. The fraction of sp³-hybridized carbons (Fsp3) is 0.238. The number of aliphatic hydroxyl groups excluding tert-OH is 2. The van der Waals surface area contributed by atoms with Crippen molar-refractivity contribution in [3.63, 3.8) is 0 Å². The zero-order valence-electron chi connectivity index (χ0n) is 18.4. The van der Waals surface area contributed by atoms with Gasteiger partial charge in [0.25, 0.3) is 5.91 Å². The molecule has 3 aromatic rings. The normalized spacial score (nSPS) is 16.8. The lowest BCUT2D eigenvalue weighted by molar-refractivity contribution is -0.212. The van der Waals surface area contributed by atoms with Gasteiger partial charge in [0.2, 0.25) is 12.2 Å². The van der Waals surface area contributed by atoms with Crippen LogP contribution in [-0.2, 0) is 6.54 Å². The Morgan fingerprint density at radius 2 is 1.84 bits per heavy atom. The van der Waals surface area contributed by atoms with Crippen LogP contribution < -0.4 is 5.73 Å². The summed E-state index contributed by atoms with van der Waals surface area (Å²) < 4.78 is 53.6. The molecule has 1 aromatic heterocycles. The second-order valence-electron chi connectivity index (χ2n) is 7.81. The minimum atomic E-state index is -4.95. The Labute approximate surface area is 216 Å². The van der Waals surface area contributed by atoms with Crippen molar-refractivity contribution in [3.05, 3.63) is 75.5 Å². The number of aromatic nitrogens is 3. The van der Waals surface area contributed by atoms with Crippen LogP contribution in [0.4, 0.5) is 17.6 Å². The van der Waals surface area contributed by atoms with Gasteiger partial charge in [-0.1, -0.05) is 23.2 Å². The maximum atomic E-state index is 13.5. The molecule has 0 saturated carbocycles. The van der Waals surface area contributed by atoms with Crippen molar-refractivity contribution in [2.75, 3.05) is 6.54 Å². The molecule has 1 amide bonds. The molecule has 4 rings (SSSR count). The molecule has 37 heavy (non-hydrogen) atoms. The number of hydrazone groups is 1. The average molecular weight is 562 g/mol. The van der Waals surface area contributed by atoms with Crippen LogP contribution in [0.15, 0.2) is 47.6 Å². The van der Waals surface area contributed by atoms with Gasteiger partial charge in [0, 0.05) is 10.6 Å². The number of carbonyl (C=O) groups is 1. The van der Waals surface area contributed by atoms with Crippen molar-refractivity contribution in [1.29, 1.82) is 0 Å². The van der Waals surface area contributed by atoms with E-state index >= 15 is 0 Å². The SMILES string of the molecule is NC(=O)c1nc(CN2N=C(c3ccc(Cl)cc3)N(C[C@H](O)C(F)(F)F)C2O)nn1-c1ccc(F)cc1Cl. The van der Waals surface area contributed by atoms with E-state index in [4.69, 9.17) is 28.9 Å². The first-order chi connectivity index (χ1) is 17.3. The number of amidine groups is 1. The lowest BCUT2D eigenvalue weighted by Crippen LogP contribution is -2.49. The molecule has 0 fully saturated rings. The van der Waals surface area contributed by atoms with Crippen LogP contribution in [0.2, 0.25) is 10.0 Å². The summed E-state index contributed by atoms with van der Waals surface area (Å²) in [6.45, 7) is -1.44. The Kier molecular flexibility index (Phi) is 7.28. The van der Waals surface area contributed by atoms with Crippen molar-refractivity contribution in [2.45, 2.75) is 25.2 Å². The van der Waals surface area contributed by atoms with E-state index in [1.165, 1.54) is 30.3 Å². The number of β-amino-alcohol motifs (C(OH)–C–C–N with tert-alkyl or cyclic N) is 1. The summed E-state index contributed by atoms with van der Waals surface area (Å²) in [6.07, 6.45) is -9.52. The number of carbonyl (C=O) groups excluding carboxylic acids is 1. The molecule has 1 aliphatic heterocycles. The smallest absolute Gasteiger partial charge is 0.382 e. The standard InChI is InChI=1S/C21H17Cl2F4N7O3/c22-11-3-1-10(2-4-11)18-31-33(20(37)32(18)8-15(35)21(25,26)27)9-16-29-19(17(28)36)34(30-16)14-6-5-12(24)7-13(14)23/h1-7,15,20,35,37H,8-9H2,(H2,28,36)/t15-,20?/m0/s1. The molecule has 2 atom stereocenters. The molecule has 2 heterocycles. The highest BCUT2D eigenvalue weighted by molar-refractivity contribution is 6.32. The van der Waals surface area contributed by atoms with Crippen LogP contribution in [0.1, 0.15) is 22.0 Å². The van der Waals surface area contributed by atoms with Gasteiger partial charge in [0.05, 0.1) is 17.3 Å². The minimum absolute atomic E-state index is 0.0814. The summed E-state index contributed by atoms with van der Waals surface area (Å²) >= 11 is 11.9. The van der Waals surface area contributed by atoms with E-state index in [-0.39, 0.29) is 28.2 Å². The summed E-state index contributed by atoms with van der Waals surface area (Å²) in [4.78, 5) is 16.8. The van der Waals surface area contributed by atoms with Crippen LogP contribution in [0.5, 0.6) is 0 Å². The van der Waals surface area contributed by atoms with Gasteiger partial charge in [-0.3, -0.25) is 4.79 Å². The molecule has 0 spiro atoms. The average Bonchev–Trinajstić information content (AvgIpc) is 3.36. The van der Waals surface area contributed by atoms with E-state index < -0.39 is 43.4 Å². The molecule has 0 aliphatic carbocycles. The van der Waals surface area contributed by atoms with E-state index in [0.29, 0.717) is 10.6 Å². The zero-order chi connectivity index (χ0) is 27.1. The second kappa shape index (κ2) is 10.1. The van der Waals surface area contributed by atoms with Gasteiger partial charge in [-0.15, -0.1) is 5.10 Å². The number of alkyl halides is 3. The molecule has 4 N–H and O–H groups in total. The summed E-state index contributed by atoms with van der Waals surface area (Å²) in [5, 5.41) is 30.0. The van der Waals surface area contributed by atoms with Crippen LogP contribution in [0.3, 0.4) is 0 Å². The lowest BCUT2D eigenvalue weighted by atomic mass is 10.2. The molecule has 0 radical (unpaired) electrons. The number of aliphatic hydroxyl groups is 2. The second-order valence-corrected chi connectivity index (χ2v) is 8.65. The van der Waals surface area contributed by atoms with Gasteiger partial charge in [-0.25, -0.2) is 19.1 Å². The van der Waals surface area contributed by atoms with E-state index in [9.17, 15) is 32.6 Å². The van der Waals surface area contributed by atoms with Crippen LogP contribution in [-0.4, -0.2) is 71.8 Å². The molecular weight excluding hydrogens is 545 g/mol. The van der Waals surface area contributed by atoms with Gasteiger partial charge in [-0.2, -0.15) is 18.3 Å². The number of rotatable bonds is 7. The van der Waals surface area contributed by atoms with Gasteiger partial charge in [0.15, 0.2) is 17.8 Å². The number of nitrogens with two attached hydrogens (primary N) is 1. The van der Waals surface area contributed by atoms with Crippen LogP contribution in [0.25, 0.3) is 5.69 Å². The highest BCUT2D eigenvalue weighted by Gasteiger charge is 2.43. The number of hydrogen-bond acceptors (Lipinski definition) is 8. The molecule has 1 aliphatic rings. The van der Waals surface area contributed by atoms with E-state index in [2.05, 4.69) is 15.2 Å². The number of benzene rings is 2. The number of primary amides is 1. The number of halogens is 6. The highest BCUT2D eigenvalue weighted by Crippen LogP contribution is 2.27. The van der Waals surface area contributed by atoms with Crippen LogP contribution >= 0.6 is 23.2 Å². The minimum Gasteiger partial charge on any atom is -0.382 e. The highest BCUT2D eigenvalue weighted by atomic mass is 35.5. The Balaban J connectivity index is 1.69. The third kappa shape index (κ3) is 5.61. The third-order valence-corrected chi connectivity index (χ3v) is 5.76. The van der Waals surface area contributed by atoms with E-state index in [0.717, 1.165) is 26.7 Å². The first kappa shape index (κ1) is 26.6. The Hall–Kier alpha value is -3.46. The van der Waals surface area contributed by atoms with Gasteiger partial charge >= 0.3 is 6.18 Å². The van der Waals surface area contributed by atoms with Gasteiger partial charge in [0.1, 0.15) is 12.4 Å². The van der Waals surface area contributed by atoms with E-state index in [1.807, 2.05) is 0 Å². The molecule has 10 nitrogen and oxygen atoms in total. The number of hydrogen-bond donors (Lipinski definition) is 3.